The zero-order valence-corrected chi connectivity index (χ0v) is 10.8. The minimum absolute atomic E-state index is 0. The van der Waals surface area contributed by atoms with Crippen LogP contribution in [0.2, 0.25) is 0 Å². The average Bonchev–Trinajstić information content (AvgIpc) is 2.29. The predicted molar refractivity (Wildman–Crippen MR) is 88.1 cm³/mol. The zero-order valence-electron chi connectivity index (χ0n) is 10.8. The van der Waals surface area contributed by atoms with Crippen LogP contribution in [0.25, 0.3) is 10.8 Å². The van der Waals surface area contributed by atoms with Crippen LogP contribution >= 0.6 is 0 Å². The first-order chi connectivity index (χ1) is 8.16. The number of hydrogen-bond acceptors (Lipinski definition) is 1. The fourth-order valence-corrected chi connectivity index (χ4v) is 2.04. The average molecular weight is 277 g/mol. The number of carbonyl (C=O) groups is 1. The summed E-state index contributed by atoms with van der Waals surface area (Å²) in [4.78, 5) is 10.8. The van der Waals surface area contributed by atoms with Gasteiger partial charge in [0.15, 0.2) is 0 Å². The number of fused-ring (bicyclic) bond motifs is 1. The summed E-state index contributed by atoms with van der Waals surface area (Å²) in [5.41, 5.74) is 2.56. The number of aryl methyl sites for hydroxylation is 1. The third-order valence-electron chi connectivity index (χ3n) is 2.90. The molecule has 0 saturated heterocycles. The second-order valence-electron chi connectivity index (χ2n) is 4.37. The van der Waals surface area contributed by atoms with E-state index in [0.717, 1.165) is 6.42 Å². The lowest BCUT2D eigenvalue weighted by Gasteiger charge is -2.08. The summed E-state index contributed by atoms with van der Waals surface area (Å²) in [5.74, 6) is 0.0291. The van der Waals surface area contributed by atoms with E-state index in [4.69, 9.17) is 0 Å². The second-order valence-corrected chi connectivity index (χ2v) is 4.37. The van der Waals surface area contributed by atoms with Crippen molar-refractivity contribution in [3.8, 4) is 0 Å². The highest BCUT2D eigenvalue weighted by atomic mass is 16.1. The van der Waals surface area contributed by atoms with Crippen molar-refractivity contribution in [2.75, 3.05) is 6.54 Å². The molecule has 0 aliphatic heterocycles. The van der Waals surface area contributed by atoms with Crippen LogP contribution in [0, 0.1) is 6.92 Å². The van der Waals surface area contributed by atoms with Crippen LogP contribution in [0.4, 0.5) is 0 Å². The maximum Gasteiger partial charge on any atom is 0.216 e. The van der Waals surface area contributed by atoms with Crippen molar-refractivity contribution >= 4 is 16.7 Å². The van der Waals surface area contributed by atoms with Crippen molar-refractivity contribution in [3.63, 3.8) is 0 Å². The quantitative estimate of drug-likeness (QED) is 0.919. The first kappa shape index (κ1) is 20.4. The van der Waals surface area contributed by atoms with Gasteiger partial charge >= 0.3 is 0 Å². The van der Waals surface area contributed by atoms with E-state index in [2.05, 4.69) is 48.6 Å². The van der Waals surface area contributed by atoms with Crippen LogP contribution in [0.5, 0.6) is 0 Å². The van der Waals surface area contributed by atoms with Crippen LogP contribution in [0.3, 0.4) is 0 Å². The van der Waals surface area contributed by atoms with Gasteiger partial charge in [-0.2, -0.15) is 0 Å². The Morgan fingerprint density at radius 2 is 1.85 bits per heavy atom. The van der Waals surface area contributed by atoms with E-state index in [1.54, 1.807) is 6.92 Å². The molecule has 0 radical (unpaired) electrons. The van der Waals surface area contributed by atoms with Crippen LogP contribution in [-0.4, -0.2) is 17.9 Å². The summed E-state index contributed by atoms with van der Waals surface area (Å²) < 4.78 is 0. The van der Waals surface area contributed by atoms with E-state index in [1.165, 1.54) is 21.9 Å². The Morgan fingerprint density at radius 3 is 2.50 bits per heavy atom. The normalized spacial score (nSPS) is 8.90. The molecule has 3 nitrogen and oxygen atoms in total. The van der Waals surface area contributed by atoms with Gasteiger partial charge in [0.2, 0.25) is 5.91 Å². The largest absolute Gasteiger partial charge is 0.412 e. The van der Waals surface area contributed by atoms with E-state index >= 15 is 0 Å². The smallest absolute Gasteiger partial charge is 0.216 e. The van der Waals surface area contributed by atoms with Gasteiger partial charge in [-0.05, 0) is 29.7 Å². The van der Waals surface area contributed by atoms with Gasteiger partial charge in [-0.15, -0.1) is 0 Å². The van der Waals surface area contributed by atoms with E-state index in [-0.39, 0.29) is 26.2 Å². The van der Waals surface area contributed by atoms with Gasteiger partial charge in [0.05, 0.1) is 0 Å². The van der Waals surface area contributed by atoms with Gasteiger partial charge in [-0.1, -0.05) is 56.8 Å². The lowest BCUT2D eigenvalue weighted by molar-refractivity contribution is -0.118. The van der Waals surface area contributed by atoms with Gasteiger partial charge in [0, 0.05) is 13.5 Å². The topological polar surface area (TPSA) is 60.6 Å². The van der Waals surface area contributed by atoms with Crippen molar-refractivity contribution in [2.24, 2.45) is 0 Å². The summed E-state index contributed by atoms with van der Waals surface area (Å²) in [7, 11) is 0. The summed E-state index contributed by atoms with van der Waals surface area (Å²) in [6.07, 6.45) is 0.875. The van der Waals surface area contributed by atoms with Crippen molar-refractivity contribution in [1.82, 2.24) is 5.32 Å². The number of nitrogens with one attached hydrogen (secondary N) is 1. The van der Waals surface area contributed by atoms with E-state index in [9.17, 15) is 4.79 Å². The summed E-state index contributed by atoms with van der Waals surface area (Å²) in [5, 5.41) is 5.38. The molecule has 0 atom stereocenters. The lowest BCUT2D eigenvalue weighted by Crippen LogP contribution is -2.22. The SMILES string of the molecule is C.C.CC(=O)NCCc1cccc2ccc(C)cc12.O. The molecule has 0 heterocycles. The van der Waals surface area contributed by atoms with Crippen molar-refractivity contribution in [3.05, 3.63) is 47.5 Å². The lowest BCUT2D eigenvalue weighted by atomic mass is 10.0. The van der Waals surface area contributed by atoms with E-state index in [0.29, 0.717) is 6.54 Å². The molecule has 3 heteroatoms. The van der Waals surface area contributed by atoms with Gasteiger partial charge in [-0.3, -0.25) is 4.79 Å². The highest BCUT2D eigenvalue weighted by Crippen LogP contribution is 2.20. The Bertz CT molecular complexity index is 550. The molecule has 2 aromatic rings. The number of benzene rings is 2. The molecule has 1 amide bonds. The van der Waals surface area contributed by atoms with Crippen molar-refractivity contribution in [2.45, 2.75) is 35.1 Å². The second kappa shape index (κ2) is 9.10. The molecule has 112 valence electrons. The molecule has 2 rings (SSSR count). The van der Waals surface area contributed by atoms with Crippen molar-refractivity contribution < 1.29 is 10.3 Å². The molecule has 0 spiro atoms. The van der Waals surface area contributed by atoms with Crippen LogP contribution < -0.4 is 5.32 Å². The third-order valence-corrected chi connectivity index (χ3v) is 2.90. The molecule has 20 heavy (non-hydrogen) atoms. The van der Waals surface area contributed by atoms with Gasteiger partial charge in [0.1, 0.15) is 0 Å². The van der Waals surface area contributed by atoms with Gasteiger partial charge in [-0.25, -0.2) is 0 Å². The summed E-state index contributed by atoms with van der Waals surface area (Å²) in [6, 6.07) is 12.8. The first-order valence-electron chi connectivity index (χ1n) is 5.89. The summed E-state index contributed by atoms with van der Waals surface area (Å²) >= 11 is 0. The first-order valence-corrected chi connectivity index (χ1v) is 5.89. The highest BCUT2D eigenvalue weighted by Gasteiger charge is 2.01. The molecule has 0 aliphatic rings. The fourth-order valence-electron chi connectivity index (χ4n) is 2.04. The number of hydrogen-bond donors (Lipinski definition) is 1. The summed E-state index contributed by atoms with van der Waals surface area (Å²) in [6.45, 7) is 4.35. The van der Waals surface area contributed by atoms with E-state index < -0.39 is 0 Å². The predicted octanol–water partition coefficient (Wildman–Crippen LogP) is 3.27. The molecule has 0 unspecified atom stereocenters. The number of carbonyl (C=O) groups excluding carboxylic acids is 1. The molecule has 2 aromatic carbocycles. The monoisotopic (exact) mass is 277 g/mol. The molecule has 3 N–H and O–H groups in total. The van der Waals surface area contributed by atoms with Crippen LogP contribution in [0.15, 0.2) is 36.4 Å². The minimum Gasteiger partial charge on any atom is -0.412 e. The molecular weight excluding hydrogens is 250 g/mol. The minimum atomic E-state index is 0. The Labute approximate surface area is 122 Å². The standard InChI is InChI=1S/C15H17NO.2CH4.H2O/c1-11-6-7-13-4-3-5-14(15(13)10-11)8-9-16-12(2)17;;;/h3-7,10H,8-9H2,1-2H3,(H,16,17);2*1H4;1H2. The third kappa shape index (κ3) is 5.02. The molecule has 0 saturated carbocycles. The maximum absolute atomic E-state index is 10.8. The molecule has 0 aliphatic carbocycles. The van der Waals surface area contributed by atoms with E-state index in [1.807, 2.05) is 0 Å². The number of rotatable bonds is 3. The molecular formula is C17H27NO2. The van der Waals surface area contributed by atoms with Crippen LogP contribution in [-0.2, 0) is 11.2 Å². The molecule has 0 bridgehead atoms. The Hall–Kier alpha value is -1.87. The van der Waals surface area contributed by atoms with Crippen molar-refractivity contribution in [1.29, 1.82) is 0 Å². The zero-order chi connectivity index (χ0) is 12.3. The number of amides is 1. The van der Waals surface area contributed by atoms with Gasteiger partial charge in [0.25, 0.3) is 0 Å². The fraction of sp³-hybridized carbons (Fsp3) is 0.353. The molecule has 0 aromatic heterocycles. The highest BCUT2D eigenvalue weighted by molar-refractivity contribution is 5.86. The Morgan fingerprint density at radius 1 is 1.15 bits per heavy atom. The van der Waals surface area contributed by atoms with Crippen LogP contribution in [0.1, 0.15) is 32.9 Å². The molecule has 0 fully saturated rings. The Balaban J connectivity index is 0. The maximum atomic E-state index is 10.8. The Kier molecular flexibility index (Phi) is 9.30. The van der Waals surface area contributed by atoms with Gasteiger partial charge < -0.3 is 10.8 Å².